The van der Waals surface area contributed by atoms with Gasteiger partial charge in [-0.2, -0.15) is 0 Å². The molecule has 2 nitrogen and oxygen atoms in total. The average Bonchev–Trinajstić information content (AvgIpc) is 2.05. The second-order valence-electron chi connectivity index (χ2n) is 2.33. The van der Waals surface area contributed by atoms with E-state index in [1.807, 2.05) is 30.3 Å². The van der Waals surface area contributed by atoms with Crippen molar-refractivity contribution in [1.82, 2.24) is 0 Å². The van der Waals surface area contributed by atoms with E-state index in [1.165, 1.54) is 0 Å². The van der Waals surface area contributed by atoms with Gasteiger partial charge in [-0.15, -0.1) is 0 Å². The Bertz CT molecular complexity index is 248. The maximum Gasteiger partial charge on any atom is 0.106 e. The van der Waals surface area contributed by atoms with Gasteiger partial charge in [-0.1, -0.05) is 30.3 Å². The van der Waals surface area contributed by atoms with E-state index in [2.05, 4.69) is 0 Å². The van der Waals surface area contributed by atoms with E-state index >= 15 is 0 Å². The summed E-state index contributed by atoms with van der Waals surface area (Å²) in [4.78, 5) is 0. The van der Waals surface area contributed by atoms with E-state index in [-0.39, 0.29) is 5.37 Å². The van der Waals surface area contributed by atoms with Gasteiger partial charge >= 0.3 is 0 Å². The van der Waals surface area contributed by atoms with Crippen molar-refractivity contribution in [2.75, 3.05) is 6.26 Å². The van der Waals surface area contributed by atoms with Crippen LogP contribution in [0.4, 0.5) is 0 Å². The molecule has 0 fully saturated rings. The van der Waals surface area contributed by atoms with Crippen LogP contribution in [0.5, 0.6) is 0 Å². The standard InChI is InChI=1S/C8H11NOS/c1-11(10)8(9)7-5-3-2-4-6-7/h2-6,8H,9H2,1H3. The average molecular weight is 169 g/mol. The monoisotopic (exact) mass is 169 g/mol. The first-order valence-corrected chi connectivity index (χ1v) is 4.96. The van der Waals surface area contributed by atoms with Crippen molar-refractivity contribution in [3.05, 3.63) is 35.9 Å². The summed E-state index contributed by atoms with van der Waals surface area (Å²) < 4.78 is 10.9. The highest BCUT2D eigenvalue weighted by atomic mass is 32.2. The summed E-state index contributed by atoms with van der Waals surface area (Å²) in [5, 5.41) is -0.351. The van der Waals surface area contributed by atoms with Crippen LogP contribution >= 0.6 is 0 Å². The molecule has 0 aliphatic carbocycles. The van der Waals surface area contributed by atoms with Gasteiger partial charge in [-0.25, -0.2) is 0 Å². The molecule has 2 atom stereocenters. The lowest BCUT2D eigenvalue weighted by atomic mass is 10.2. The number of benzene rings is 1. The van der Waals surface area contributed by atoms with Crippen molar-refractivity contribution in [2.45, 2.75) is 5.37 Å². The molecule has 1 aromatic carbocycles. The molecule has 1 aromatic rings. The van der Waals surface area contributed by atoms with Crippen molar-refractivity contribution < 1.29 is 4.21 Å². The van der Waals surface area contributed by atoms with Crippen molar-refractivity contribution in [2.24, 2.45) is 5.73 Å². The van der Waals surface area contributed by atoms with Crippen LogP contribution in [0.3, 0.4) is 0 Å². The van der Waals surface area contributed by atoms with Gasteiger partial charge in [0.05, 0.1) is 0 Å². The van der Waals surface area contributed by atoms with Crippen molar-refractivity contribution in [1.29, 1.82) is 0 Å². The molecule has 0 radical (unpaired) electrons. The van der Waals surface area contributed by atoms with Gasteiger partial charge < -0.3 is 5.73 Å². The fraction of sp³-hybridized carbons (Fsp3) is 0.250. The summed E-state index contributed by atoms with van der Waals surface area (Å²) in [6.07, 6.45) is 1.61. The molecule has 0 aromatic heterocycles. The zero-order valence-electron chi connectivity index (χ0n) is 6.36. The highest BCUT2D eigenvalue weighted by Gasteiger charge is 2.07. The first-order chi connectivity index (χ1) is 5.22. The summed E-state index contributed by atoms with van der Waals surface area (Å²) >= 11 is 0. The summed E-state index contributed by atoms with van der Waals surface area (Å²) in [5.74, 6) is 0. The maximum atomic E-state index is 10.9. The van der Waals surface area contributed by atoms with E-state index in [0.29, 0.717) is 0 Å². The zero-order chi connectivity index (χ0) is 8.27. The Morgan fingerprint density at radius 1 is 1.36 bits per heavy atom. The number of hydrogen-bond acceptors (Lipinski definition) is 2. The predicted octanol–water partition coefficient (Wildman–Crippen LogP) is 1.02. The lowest BCUT2D eigenvalue weighted by Crippen LogP contribution is -2.14. The van der Waals surface area contributed by atoms with Crippen LogP contribution in [-0.4, -0.2) is 10.5 Å². The molecule has 1 rings (SSSR count). The Hall–Kier alpha value is -0.670. The third-order valence-corrected chi connectivity index (χ3v) is 2.47. The highest BCUT2D eigenvalue weighted by molar-refractivity contribution is 7.84. The number of rotatable bonds is 2. The molecule has 3 heteroatoms. The van der Waals surface area contributed by atoms with Crippen LogP contribution in [0.25, 0.3) is 0 Å². The quantitative estimate of drug-likeness (QED) is 0.718. The first-order valence-electron chi connectivity index (χ1n) is 3.34. The molecule has 0 saturated carbocycles. The van der Waals surface area contributed by atoms with Crippen LogP contribution in [0, 0.1) is 0 Å². The minimum atomic E-state index is -0.984. The Labute approximate surface area is 68.9 Å². The molecule has 0 bridgehead atoms. The summed E-state index contributed by atoms with van der Waals surface area (Å²) in [5.41, 5.74) is 6.56. The van der Waals surface area contributed by atoms with Crippen LogP contribution in [0.15, 0.2) is 30.3 Å². The van der Waals surface area contributed by atoms with Crippen molar-refractivity contribution >= 4 is 10.8 Å². The van der Waals surface area contributed by atoms with Crippen molar-refractivity contribution in [3.8, 4) is 0 Å². The minimum Gasteiger partial charge on any atom is -0.314 e. The highest BCUT2D eigenvalue weighted by Crippen LogP contribution is 2.11. The smallest absolute Gasteiger partial charge is 0.106 e. The third kappa shape index (κ3) is 2.13. The molecular weight excluding hydrogens is 158 g/mol. The van der Waals surface area contributed by atoms with E-state index < -0.39 is 10.8 Å². The van der Waals surface area contributed by atoms with Gasteiger partial charge in [0.15, 0.2) is 0 Å². The van der Waals surface area contributed by atoms with Crippen molar-refractivity contribution in [3.63, 3.8) is 0 Å². The second kappa shape index (κ2) is 3.64. The Morgan fingerprint density at radius 3 is 2.36 bits per heavy atom. The van der Waals surface area contributed by atoms with Gasteiger partial charge in [0.1, 0.15) is 5.37 Å². The largest absolute Gasteiger partial charge is 0.314 e. The fourth-order valence-electron chi connectivity index (χ4n) is 0.834. The molecular formula is C8H11NOS. The normalized spacial score (nSPS) is 15.8. The Morgan fingerprint density at radius 2 is 1.91 bits per heavy atom. The van der Waals surface area contributed by atoms with Crippen LogP contribution < -0.4 is 5.73 Å². The van der Waals surface area contributed by atoms with Crippen LogP contribution in [-0.2, 0) is 10.8 Å². The SMILES string of the molecule is CS(=O)C(N)c1ccccc1. The molecule has 0 amide bonds. The third-order valence-electron chi connectivity index (χ3n) is 1.49. The Balaban J connectivity index is 2.85. The fourth-order valence-corrected chi connectivity index (χ4v) is 1.37. The van der Waals surface area contributed by atoms with E-state index in [1.54, 1.807) is 6.26 Å². The molecule has 2 unspecified atom stereocenters. The molecule has 60 valence electrons. The minimum absolute atomic E-state index is 0.351. The van der Waals surface area contributed by atoms with E-state index in [4.69, 9.17) is 5.73 Å². The van der Waals surface area contributed by atoms with Gasteiger partial charge in [0.25, 0.3) is 0 Å². The Kier molecular flexibility index (Phi) is 2.79. The second-order valence-corrected chi connectivity index (χ2v) is 3.83. The lowest BCUT2D eigenvalue weighted by molar-refractivity contribution is 0.678. The number of nitrogens with two attached hydrogens (primary N) is 1. The van der Waals surface area contributed by atoms with Crippen LogP contribution in [0.2, 0.25) is 0 Å². The summed E-state index contributed by atoms with van der Waals surface area (Å²) in [7, 11) is -0.984. The predicted molar refractivity (Wildman–Crippen MR) is 47.4 cm³/mol. The molecule has 0 aliphatic rings. The summed E-state index contributed by atoms with van der Waals surface area (Å²) in [6, 6.07) is 9.46. The molecule has 2 N–H and O–H groups in total. The molecule has 0 heterocycles. The number of hydrogen-bond donors (Lipinski definition) is 1. The van der Waals surface area contributed by atoms with Gasteiger partial charge in [-0.3, -0.25) is 4.21 Å². The maximum absolute atomic E-state index is 10.9. The van der Waals surface area contributed by atoms with E-state index in [0.717, 1.165) is 5.56 Å². The topological polar surface area (TPSA) is 43.1 Å². The van der Waals surface area contributed by atoms with Crippen LogP contribution in [0.1, 0.15) is 10.9 Å². The molecule has 0 spiro atoms. The van der Waals surface area contributed by atoms with E-state index in [9.17, 15) is 4.21 Å². The zero-order valence-corrected chi connectivity index (χ0v) is 7.17. The molecule has 0 saturated heterocycles. The first kappa shape index (κ1) is 8.43. The lowest BCUT2D eigenvalue weighted by Gasteiger charge is -2.06. The van der Waals surface area contributed by atoms with Gasteiger partial charge in [-0.05, 0) is 5.56 Å². The molecule has 0 aliphatic heterocycles. The molecule has 11 heavy (non-hydrogen) atoms. The van der Waals surface area contributed by atoms with Gasteiger partial charge in [0, 0.05) is 17.1 Å². The van der Waals surface area contributed by atoms with Gasteiger partial charge in [0.2, 0.25) is 0 Å². The summed E-state index contributed by atoms with van der Waals surface area (Å²) in [6.45, 7) is 0.